The summed E-state index contributed by atoms with van der Waals surface area (Å²) in [5.74, 6) is -0.0790. The molecule has 1 aliphatic heterocycles. The van der Waals surface area contributed by atoms with E-state index in [0.717, 1.165) is 16.7 Å². The molecule has 1 fully saturated rings. The van der Waals surface area contributed by atoms with Crippen molar-refractivity contribution in [2.24, 2.45) is 0 Å². The number of hydrogen-bond donors (Lipinski definition) is 1. The first-order valence-corrected chi connectivity index (χ1v) is 11.9. The van der Waals surface area contributed by atoms with Gasteiger partial charge in [-0.05, 0) is 67.4 Å². The first-order valence-electron chi connectivity index (χ1n) is 11.9. The highest BCUT2D eigenvalue weighted by atomic mass is 16.5. The highest BCUT2D eigenvalue weighted by Gasteiger charge is 2.47. The fourth-order valence-electron chi connectivity index (χ4n) is 4.46. The van der Waals surface area contributed by atoms with E-state index in [0.29, 0.717) is 29.4 Å². The SMILES string of the molecule is Cc1cccc(COc2ccc(/C(O)=C3\C(=O)C(=O)N(Cc4cccnc4)[C@H]3c3ccc(C)o3)cc2)c1. The van der Waals surface area contributed by atoms with E-state index in [2.05, 4.69) is 11.1 Å². The zero-order valence-corrected chi connectivity index (χ0v) is 20.5. The molecule has 0 radical (unpaired) electrons. The molecule has 1 saturated heterocycles. The lowest BCUT2D eigenvalue weighted by atomic mass is 9.99. The van der Waals surface area contributed by atoms with Crippen LogP contribution in [-0.4, -0.2) is 26.7 Å². The van der Waals surface area contributed by atoms with Crippen LogP contribution < -0.4 is 4.74 Å². The van der Waals surface area contributed by atoms with Crippen molar-refractivity contribution >= 4 is 17.4 Å². The number of likely N-dealkylation sites (tertiary alicyclic amines) is 1. The molecule has 4 aromatic rings. The number of benzene rings is 2. The molecule has 1 atom stereocenters. The van der Waals surface area contributed by atoms with Gasteiger partial charge in [-0.25, -0.2) is 0 Å². The maximum Gasteiger partial charge on any atom is 0.296 e. The molecule has 1 N–H and O–H groups in total. The average Bonchev–Trinajstić information content (AvgIpc) is 3.44. The van der Waals surface area contributed by atoms with Crippen molar-refractivity contribution in [2.45, 2.75) is 33.0 Å². The van der Waals surface area contributed by atoms with E-state index in [1.165, 1.54) is 4.90 Å². The highest BCUT2D eigenvalue weighted by Crippen LogP contribution is 2.41. The summed E-state index contributed by atoms with van der Waals surface area (Å²) in [4.78, 5) is 31.8. The van der Waals surface area contributed by atoms with Crippen molar-refractivity contribution in [1.29, 1.82) is 0 Å². The average molecular weight is 495 g/mol. The lowest BCUT2D eigenvalue weighted by molar-refractivity contribution is -0.140. The Morgan fingerprint density at radius 2 is 1.78 bits per heavy atom. The topological polar surface area (TPSA) is 92.9 Å². The minimum atomic E-state index is -0.869. The second-order valence-electron chi connectivity index (χ2n) is 9.04. The summed E-state index contributed by atoms with van der Waals surface area (Å²) in [5.41, 5.74) is 3.34. The van der Waals surface area contributed by atoms with E-state index in [4.69, 9.17) is 9.15 Å². The van der Waals surface area contributed by atoms with E-state index >= 15 is 0 Å². The van der Waals surface area contributed by atoms with Gasteiger partial charge in [0.2, 0.25) is 0 Å². The fraction of sp³-hybridized carbons (Fsp3) is 0.167. The third-order valence-electron chi connectivity index (χ3n) is 6.26. The Kier molecular flexibility index (Phi) is 6.60. The van der Waals surface area contributed by atoms with E-state index in [-0.39, 0.29) is 17.9 Å². The van der Waals surface area contributed by atoms with Crippen molar-refractivity contribution in [2.75, 3.05) is 0 Å². The maximum atomic E-state index is 13.2. The van der Waals surface area contributed by atoms with Crippen LogP contribution in [0.4, 0.5) is 0 Å². The first kappa shape index (κ1) is 24.1. The number of hydrogen-bond acceptors (Lipinski definition) is 6. The molecule has 0 saturated carbocycles. The monoisotopic (exact) mass is 494 g/mol. The van der Waals surface area contributed by atoms with Crippen LogP contribution in [0.3, 0.4) is 0 Å². The molecular weight excluding hydrogens is 468 g/mol. The Labute approximate surface area is 214 Å². The quantitative estimate of drug-likeness (QED) is 0.207. The lowest BCUT2D eigenvalue weighted by Crippen LogP contribution is -2.29. The fourth-order valence-corrected chi connectivity index (χ4v) is 4.46. The summed E-state index contributed by atoms with van der Waals surface area (Å²) >= 11 is 0. The number of amides is 1. The van der Waals surface area contributed by atoms with Crippen LogP contribution in [0.25, 0.3) is 5.76 Å². The summed E-state index contributed by atoms with van der Waals surface area (Å²) in [6, 6.07) is 21.0. The Balaban J connectivity index is 1.45. The van der Waals surface area contributed by atoms with Crippen molar-refractivity contribution in [1.82, 2.24) is 9.88 Å². The van der Waals surface area contributed by atoms with Crippen LogP contribution in [0.15, 0.2) is 95.2 Å². The van der Waals surface area contributed by atoms with Crippen molar-refractivity contribution in [3.8, 4) is 5.75 Å². The highest BCUT2D eigenvalue weighted by molar-refractivity contribution is 6.46. The Bertz CT molecular complexity index is 1470. The van der Waals surface area contributed by atoms with Crippen LogP contribution in [0.2, 0.25) is 0 Å². The summed E-state index contributed by atoms with van der Waals surface area (Å²) in [6.07, 6.45) is 3.28. The number of aliphatic hydroxyl groups is 1. The van der Waals surface area contributed by atoms with Crippen molar-refractivity contribution in [3.63, 3.8) is 0 Å². The van der Waals surface area contributed by atoms with Gasteiger partial charge >= 0.3 is 0 Å². The van der Waals surface area contributed by atoms with E-state index in [9.17, 15) is 14.7 Å². The smallest absolute Gasteiger partial charge is 0.296 e. The Morgan fingerprint density at radius 3 is 2.46 bits per heavy atom. The number of aliphatic hydroxyl groups excluding tert-OH is 1. The second-order valence-corrected chi connectivity index (χ2v) is 9.04. The van der Waals surface area contributed by atoms with Gasteiger partial charge < -0.3 is 19.2 Å². The molecule has 186 valence electrons. The van der Waals surface area contributed by atoms with E-state index in [1.54, 1.807) is 61.8 Å². The standard InChI is InChI=1S/C30H26N2O5/c1-19-5-3-6-21(15-19)18-36-24-11-9-23(10-12-24)28(33)26-27(25-13-8-20(2)37-25)32(30(35)29(26)34)17-22-7-4-14-31-16-22/h3-16,27,33H,17-18H2,1-2H3/b28-26+/t27-/m0/s1. The summed E-state index contributed by atoms with van der Waals surface area (Å²) in [7, 11) is 0. The number of aromatic nitrogens is 1. The maximum absolute atomic E-state index is 13.2. The second kappa shape index (κ2) is 10.1. The number of furan rings is 1. The van der Waals surface area contributed by atoms with Crippen LogP contribution in [0, 0.1) is 13.8 Å². The number of rotatable bonds is 7. The number of carbonyl (C=O) groups excluding carboxylic acids is 2. The van der Waals surface area contributed by atoms with Crippen LogP contribution >= 0.6 is 0 Å². The number of aryl methyl sites for hydroxylation is 2. The van der Waals surface area contributed by atoms with Crippen LogP contribution in [0.5, 0.6) is 5.75 Å². The number of carbonyl (C=O) groups is 2. The molecule has 1 amide bonds. The number of pyridine rings is 1. The molecule has 3 heterocycles. The number of nitrogens with zero attached hydrogens (tertiary/aromatic N) is 2. The predicted octanol–water partition coefficient (Wildman–Crippen LogP) is 5.49. The molecule has 0 aliphatic carbocycles. The Morgan fingerprint density at radius 1 is 1.00 bits per heavy atom. The predicted molar refractivity (Wildman–Crippen MR) is 137 cm³/mol. The summed E-state index contributed by atoms with van der Waals surface area (Å²) < 4.78 is 11.7. The molecule has 2 aromatic heterocycles. The van der Waals surface area contributed by atoms with Crippen LogP contribution in [-0.2, 0) is 22.7 Å². The van der Waals surface area contributed by atoms with Gasteiger partial charge in [-0.1, -0.05) is 35.9 Å². The van der Waals surface area contributed by atoms with Gasteiger partial charge in [-0.3, -0.25) is 14.6 Å². The van der Waals surface area contributed by atoms with E-state index in [1.807, 2.05) is 31.2 Å². The molecular formula is C30H26N2O5. The van der Waals surface area contributed by atoms with Gasteiger partial charge in [0.05, 0.1) is 5.57 Å². The van der Waals surface area contributed by atoms with Crippen molar-refractivity contribution in [3.05, 3.63) is 125 Å². The number of ether oxygens (including phenoxy) is 1. The lowest BCUT2D eigenvalue weighted by Gasteiger charge is -2.23. The number of Topliss-reactive ketones (excluding diaryl/α,β-unsaturated/α-hetero) is 1. The van der Waals surface area contributed by atoms with Gasteiger partial charge in [0.25, 0.3) is 11.7 Å². The van der Waals surface area contributed by atoms with Gasteiger partial charge in [0.15, 0.2) is 0 Å². The molecule has 7 nitrogen and oxygen atoms in total. The molecule has 0 bridgehead atoms. The Hall–Kier alpha value is -4.65. The van der Waals surface area contributed by atoms with Gasteiger partial charge in [-0.2, -0.15) is 0 Å². The minimum absolute atomic E-state index is 0.0170. The molecule has 0 spiro atoms. The molecule has 37 heavy (non-hydrogen) atoms. The number of ketones is 1. The third-order valence-corrected chi connectivity index (χ3v) is 6.26. The zero-order valence-electron chi connectivity index (χ0n) is 20.5. The molecule has 7 heteroatoms. The molecule has 2 aromatic carbocycles. The van der Waals surface area contributed by atoms with Crippen molar-refractivity contribution < 1.29 is 23.8 Å². The van der Waals surface area contributed by atoms with Gasteiger partial charge in [0, 0.05) is 24.5 Å². The molecule has 1 aliphatic rings. The van der Waals surface area contributed by atoms with Gasteiger partial charge in [-0.15, -0.1) is 0 Å². The normalized spacial score (nSPS) is 16.8. The van der Waals surface area contributed by atoms with Crippen LogP contribution in [0.1, 0.15) is 39.8 Å². The molecule has 0 unspecified atom stereocenters. The minimum Gasteiger partial charge on any atom is -0.507 e. The zero-order chi connectivity index (χ0) is 25.9. The summed E-state index contributed by atoms with van der Waals surface area (Å²) in [5, 5.41) is 11.2. The summed E-state index contributed by atoms with van der Waals surface area (Å²) in [6.45, 7) is 4.36. The molecule has 5 rings (SSSR count). The first-order chi connectivity index (χ1) is 17.9. The van der Waals surface area contributed by atoms with E-state index < -0.39 is 17.7 Å². The third kappa shape index (κ3) is 5.02. The van der Waals surface area contributed by atoms with Gasteiger partial charge in [0.1, 0.15) is 35.7 Å². The largest absolute Gasteiger partial charge is 0.507 e.